The number of hydrogen-bond donors (Lipinski definition) is 2. The molecule has 3 N–H and O–H groups in total. The summed E-state index contributed by atoms with van der Waals surface area (Å²) in [4.78, 5) is 51.6. The van der Waals surface area contributed by atoms with E-state index in [2.05, 4.69) is 5.73 Å². The van der Waals surface area contributed by atoms with E-state index < -0.39 is 12.3 Å². The largest absolute Gasteiger partial charge is 1.00 e. The van der Waals surface area contributed by atoms with Crippen molar-refractivity contribution in [3.63, 3.8) is 0 Å². The molecule has 0 saturated heterocycles. The van der Waals surface area contributed by atoms with Gasteiger partial charge < -0.3 is 39.4 Å². The molecule has 1 aliphatic rings. The summed E-state index contributed by atoms with van der Waals surface area (Å²) in [6, 6.07) is 0. The van der Waals surface area contributed by atoms with Gasteiger partial charge in [-0.25, -0.2) is 0 Å². The van der Waals surface area contributed by atoms with Gasteiger partial charge in [-0.15, -0.1) is 0 Å². The summed E-state index contributed by atoms with van der Waals surface area (Å²) in [6.45, 7) is 9.97. The maximum absolute atomic E-state index is 11.7. The van der Waals surface area contributed by atoms with Gasteiger partial charge in [-0.1, -0.05) is 41.0 Å². The monoisotopic (exact) mass is 768 g/mol. The first kappa shape index (κ1) is 48.7. The molecule has 1 rings (SSSR count). The van der Waals surface area contributed by atoms with Crippen LogP contribution in [0.2, 0.25) is 0 Å². The molecule has 0 aromatic carbocycles. The van der Waals surface area contributed by atoms with Gasteiger partial charge >= 0.3 is 37.7 Å². The molecule has 0 amide bonds. The minimum absolute atomic E-state index is 0. The van der Waals surface area contributed by atoms with Gasteiger partial charge in [0.1, 0.15) is 12.0 Å². The zero-order chi connectivity index (χ0) is 31.6. The maximum Gasteiger partial charge on any atom is 1.00 e. The molecule has 41 heavy (non-hydrogen) atoms. The molecule has 243 valence electrons. The molecule has 0 spiro atoms. The molecule has 11 nitrogen and oxygen atoms in total. The third-order valence-electron chi connectivity index (χ3n) is 4.31. The number of carbonyl (C=O) groups excluding carboxylic acids is 4. The van der Waals surface area contributed by atoms with E-state index in [9.17, 15) is 24.0 Å². The Kier molecular flexibility index (Phi) is 47.7. The van der Waals surface area contributed by atoms with Crippen LogP contribution in [0, 0.1) is 0 Å². The van der Waals surface area contributed by atoms with Gasteiger partial charge in [0.25, 0.3) is 0 Å². The van der Waals surface area contributed by atoms with Crippen LogP contribution in [0.25, 0.3) is 0 Å². The fourth-order valence-electron chi connectivity index (χ4n) is 2.52. The zero-order valence-corrected chi connectivity index (χ0v) is 28.6. The van der Waals surface area contributed by atoms with E-state index in [1.807, 2.05) is 40.7 Å². The Morgan fingerprint density at radius 1 is 1.00 bits per heavy atom. The van der Waals surface area contributed by atoms with Crippen molar-refractivity contribution < 1.29 is 67.8 Å². The summed E-state index contributed by atoms with van der Waals surface area (Å²) in [6.07, 6.45) is 10.7. The average molecular weight is 767 g/mol. The Hall–Kier alpha value is -1.99. The van der Waals surface area contributed by atoms with E-state index in [4.69, 9.17) is 24.1 Å². The number of unbranched alkanes of at least 4 members (excludes halogenated alkanes) is 2. The first-order valence-electron chi connectivity index (χ1n) is 14.0. The summed E-state index contributed by atoms with van der Waals surface area (Å²) in [5.41, 5.74) is 4.50. The average Bonchev–Trinajstić information content (AvgIpc) is 3.09. The Balaban J connectivity index is -0.000000186. The van der Waals surface area contributed by atoms with Crippen molar-refractivity contribution >= 4 is 30.5 Å². The molecule has 0 aliphatic carbocycles. The number of esters is 2. The summed E-state index contributed by atoms with van der Waals surface area (Å²) in [7, 11) is 3.08. The van der Waals surface area contributed by atoms with E-state index in [1.165, 1.54) is 7.05 Å². The van der Waals surface area contributed by atoms with Crippen molar-refractivity contribution in [3.8, 4) is 0 Å². The molecule has 0 aromatic rings. The molecule has 12 heteroatoms. The number of ether oxygens (including phenoxy) is 4. The van der Waals surface area contributed by atoms with Crippen molar-refractivity contribution in [2.24, 2.45) is 5.73 Å². The number of nitrogens with two attached hydrogens (primary N) is 1. The normalized spacial score (nSPS) is 14.8. The minimum atomic E-state index is -0.748. The summed E-state index contributed by atoms with van der Waals surface area (Å²) in [5, 5.41) is 7.91. The third-order valence-corrected chi connectivity index (χ3v) is 4.31. The predicted octanol–water partition coefficient (Wildman–Crippen LogP) is 5.03. The number of hydrogen-bond acceptors (Lipinski definition) is 10. The van der Waals surface area contributed by atoms with Gasteiger partial charge in [-0.3, -0.25) is 20.7 Å². The molecule has 0 saturated carbocycles. The Bertz CT molecular complexity index is 650. The zero-order valence-electron chi connectivity index (χ0n) is 26.1. The second kappa shape index (κ2) is 40.1. The van der Waals surface area contributed by atoms with Gasteiger partial charge in [0.05, 0.1) is 19.1 Å². The van der Waals surface area contributed by atoms with Crippen LogP contribution in [0.15, 0.2) is 11.8 Å². The Labute approximate surface area is 260 Å². The van der Waals surface area contributed by atoms with E-state index in [0.29, 0.717) is 57.3 Å². The molecule has 2 atom stereocenters. The van der Waals surface area contributed by atoms with Crippen LogP contribution in [0.1, 0.15) is 112 Å². The fraction of sp³-hybridized carbons (Fsp3) is 0.759. The first-order valence-corrected chi connectivity index (χ1v) is 14.0. The van der Waals surface area contributed by atoms with Gasteiger partial charge in [0, 0.05) is 32.8 Å². The fourth-order valence-corrected chi connectivity index (χ4v) is 2.52. The van der Waals surface area contributed by atoms with Crippen LogP contribution in [0.5, 0.6) is 0 Å². The summed E-state index contributed by atoms with van der Waals surface area (Å²) >= 11 is 0. The number of carboxylic acids is 1. The van der Waals surface area contributed by atoms with Crippen LogP contribution in [-0.2, 0) is 62.7 Å². The van der Waals surface area contributed by atoms with Crippen LogP contribution in [-0.4, -0.2) is 68.7 Å². The molecule has 0 bridgehead atoms. The van der Waals surface area contributed by atoms with Crippen LogP contribution >= 0.6 is 0 Å². The second-order valence-corrected chi connectivity index (χ2v) is 8.21. The SMILES string of the molecule is CCCC(=O)O.CCCC(=O)OC1=CCC(COC)OC(OC(=O)CCC)C1.CCCC=O.CCC[C-]=O.CN.[Os+]. The van der Waals surface area contributed by atoms with Gasteiger partial charge in [0.15, 0.2) is 0 Å². The van der Waals surface area contributed by atoms with E-state index in [-0.39, 0.29) is 44.3 Å². The number of rotatable bonds is 14. The van der Waals surface area contributed by atoms with Gasteiger partial charge in [0.2, 0.25) is 6.29 Å². The van der Waals surface area contributed by atoms with Crippen LogP contribution in [0.3, 0.4) is 0 Å². The number of aliphatic carboxylic acids is 1. The van der Waals surface area contributed by atoms with Crippen molar-refractivity contribution in [2.45, 2.75) is 124 Å². The van der Waals surface area contributed by atoms with E-state index in [1.54, 1.807) is 13.4 Å². The van der Waals surface area contributed by atoms with Gasteiger partial charge in [-0.05, 0) is 45.2 Å². The smallest absolute Gasteiger partial charge is 0.542 e. The van der Waals surface area contributed by atoms with Crippen molar-refractivity contribution in [3.05, 3.63) is 11.8 Å². The number of methoxy groups -OCH3 is 1. The van der Waals surface area contributed by atoms with Crippen LogP contribution in [0.4, 0.5) is 0 Å². The molecule has 1 aliphatic heterocycles. The van der Waals surface area contributed by atoms with E-state index >= 15 is 0 Å². The van der Waals surface area contributed by atoms with E-state index in [0.717, 1.165) is 32.0 Å². The summed E-state index contributed by atoms with van der Waals surface area (Å²) < 4.78 is 21.5. The molecule has 1 radical (unpaired) electrons. The minimum Gasteiger partial charge on any atom is -0.542 e. The quantitative estimate of drug-likeness (QED) is 0.138. The van der Waals surface area contributed by atoms with Crippen molar-refractivity contribution in [1.29, 1.82) is 0 Å². The second-order valence-electron chi connectivity index (χ2n) is 8.21. The maximum atomic E-state index is 11.7. The number of carboxylic acid groups (broad SMARTS) is 1. The van der Waals surface area contributed by atoms with Gasteiger partial charge in [-0.2, -0.15) is 6.42 Å². The first-order chi connectivity index (χ1) is 19.2. The Morgan fingerprint density at radius 3 is 1.90 bits per heavy atom. The molecule has 2 unspecified atom stereocenters. The molecule has 0 fully saturated rings. The van der Waals surface area contributed by atoms with Crippen molar-refractivity contribution in [2.75, 3.05) is 20.8 Å². The van der Waals surface area contributed by atoms with Crippen LogP contribution < -0.4 is 5.73 Å². The molecule has 1 heterocycles. The Morgan fingerprint density at radius 2 is 1.56 bits per heavy atom. The number of carbonyl (C=O) groups is 4. The number of aldehydes is 1. The van der Waals surface area contributed by atoms with Crippen molar-refractivity contribution in [1.82, 2.24) is 0 Å². The summed E-state index contributed by atoms with van der Waals surface area (Å²) in [5.74, 6) is -0.814. The molecule has 0 aromatic heterocycles. The molecular weight excluding hydrogens is 713 g/mol. The predicted molar refractivity (Wildman–Crippen MR) is 154 cm³/mol. The topological polar surface area (TPSA) is 169 Å². The third kappa shape index (κ3) is 40.2. The molecular formula is C29H54NO10Os. The standard InChI is InChI=1S/C16H26O6.C4H8O2.C4H8O.C4H7O.CH5N.Os/c1-4-6-14(17)20-12-8-9-13(11-19-3)21-16(10-12)22-15(18)7-5-2;1-2-3-4(5)6;2*1-2-3-4-5;1-2;/h8,13,16H,4-7,9-11H2,1-3H3;2-3H2,1H3,(H,5,6);4H,2-3H2,1H3;2-3H2,1H3;2H2,1H3;/q;;;-1;;+1.